The van der Waals surface area contributed by atoms with E-state index in [-0.39, 0.29) is 11.8 Å². The van der Waals surface area contributed by atoms with Gasteiger partial charge in [-0.3, -0.25) is 4.79 Å². The summed E-state index contributed by atoms with van der Waals surface area (Å²) in [7, 11) is 0. The van der Waals surface area contributed by atoms with Gasteiger partial charge in [0, 0.05) is 26.3 Å². The van der Waals surface area contributed by atoms with Crippen LogP contribution in [-0.4, -0.2) is 38.8 Å². The Morgan fingerprint density at radius 2 is 2.38 bits per heavy atom. The minimum Gasteiger partial charge on any atom is -0.382 e. The summed E-state index contributed by atoms with van der Waals surface area (Å²) in [6.45, 7) is 6.25. The molecule has 0 bridgehead atoms. The predicted molar refractivity (Wildman–Crippen MR) is 64.3 cm³/mol. The van der Waals surface area contributed by atoms with Gasteiger partial charge in [0.1, 0.15) is 0 Å². The molecule has 0 aliphatic carbocycles. The molecular weight excluding hydrogens is 204 g/mol. The summed E-state index contributed by atoms with van der Waals surface area (Å²) in [4.78, 5) is 11.7. The average Bonchev–Trinajstić information content (AvgIpc) is 2.34. The second kappa shape index (κ2) is 8.53. The Hall–Kier alpha value is -0.610. The topological polar surface area (TPSA) is 50.4 Å². The Morgan fingerprint density at radius 1 is 1.50 bits per heavy atom. The third-order valence-corrected chi connectivity index (χ3v) is 2.89. The van der Waals surface area contributed by atoms with Crippen molar-refractivity contribution in [2.45, 2.75) is 32.6 Å². The quantitative estimate of drug-likeness (QED) is 0.637. The van der Waals surface area contributed by atoms with Crippen LogP contribution in [0.5, 0.6) is 0 Å². The van der Waals surface area contributed by atoms with E-state index < -0.39 is 0 Å². The number of nitrogens with one attached hydrogen (secondary N) is 2. The number of carbonyl (C=O) groups is 1. The van der Waals surface area contributed by atoms with Gasteiger partial charge in [0.25, 0.3) is 0 Å². The van der Waals surface area contributed by atoms with Crippen LogP contribution in [0.25, 0.3) is 0 Å². The van der Waals surface area contributed by atoms with Crippen molar-refractivity contribution in [3.63, 3.8) is 0 Å². The van der Waals surface area contributed by atoms with Crippen molar-refractivity contribution in [1.29, 1.82) is 0 Å². The van der Waals surface area contributed by atoms with Gasteiger partial charge in [0.15, 0.2) is 0 Å². The molecule has 16 heavy (non-hydrogen) atoms. The maximum absolute atomic E-state index is 11.7. The molecule has 0 spiro atoms. The molecule has 1 fully saturated rings. The fourth-order valence-corrected chi connectivity index (χ4v) is 1.90. The standard InChI is InChI=1S/C12H24N2O2/c1-2-16-9-4-3-8-14-12(15)11-6-5-7-13-10-11/h11,13H,2-10H2,1H3,(H,14,15). The monoisotopic (exact) mass is 228 g/mol. The lowest BCUT2D eigenvalue weighted by atomic mass is 9.99. The lowest BCUT2D eigenvalue weighted by Crippen LogP contribution is -2.40. The minimum absolute atomic E-state index is 0.181. The van der Waals surface area contributed by atoms with Crippen LogP contribution in [0.3, 0.4) is 0 Å². The van der Waals surface area contributed by atoms with Gasteiger partial charge in [-0.2, -0.15) is 0 Å². The molecule has 0 aromatic heterocycles. The van der Waals surface area contributed by atoms with Gasteiger partial charge in [-0.25, -0.2) is 0 Å². The second-order valence-corrected chi connectivity index (χ2v) is 4.24. The summed E-state index contributed by atoms with van der Waals surface area (Å²) >= 11 is 0. The van der Waals surface area contributed by atoms with Crippen molar-refractivity contribution < 1.29 is 9.53 Å². The zero-order chi connectivity index (χ0) is 11.6. The summed E-state index contributed by atoms with van der Waals surface area (Å²) in [5.41, 5.74) is 0. The van der Waals surface area contributed by atoms with E-state index in [1.165, 1.54) is 0 Å². The van der Waals surface area contributed by atoms with Gasteiger partial charge in [-0.1, -0.05) is 0 Å². The molecule has 2 N–H and O–H groups in total. The number of hydrogen-bond acceptors (Lipinski definition) is 3. The Labute approximate surface area is 98.1 Å². The van der Waals surface area contributed by atoms with Crippen LogP contribution in [0.15, 0.2) is 0 Å². The average molecular weight is 228 g/mol. The molecule has 4 nitrogen and oxygen atoms in total. The summed E-state index contributed by atoms with van der Waals surface area (Å²) < 4.78 is 5.23. The highest BCUT2D eigenvalue weighted by atomic mass is 16.5. The Morgan fingerprint density at radius 3 is 3.06 bits per heavy atom. The largest absolute Gasteiger partial charge is 0.382 e. The molecule has 4 heteroatoms. The fourth-order valence-electron chi connectivity index (χ4n) is 1.90. The van der Waals surface area contributed by atoms with Crippen LogP contribution >= 0.6 is 0 Å². The van der Waals surface area contributed by atoms with E-state index in [1.807, 2.05) is 6.92 Å². The lowest BCUT2D eigenvalue weighted by Gasteiger charge is -2.21. The molecule has 0 aromatic carbocycles. The summed E-state index contributed by atoms with van der Waals surface area (Å²) in [6.07, 6.45) is 4.17. The molecule has 94 valence electrons. The Bertz CT molecular complexity index is 191. The molecule has 1 atom stereocenters. The van der Waals surface area contributed by atoms with Crippen molar-refractivity contribution in [1.82, 2.24) is 10.6 Å². The summed E-state index contributed by atoms with van der Waals surface area (Å²) in [6, 6.07) is 0. The fraction of sp³-hybridized carbons (Fsp3) is 0.917. The van der Waals surface area contributed by atoms with E-state index in [0.29, 0.717) is 0 Å². The zero-order valence-electron chi connectivity index (χ0n) is 10.3. The first kappa shape index (κ1) is 13.5. The summed E-state index contributed by atoms with van der Waals surface area (Å²) in [5.74, 6) is 0.393. The van der Waals surface area contributed by atoms with Gasteiger partial charge >= 0.3 is 0 Å². The van der Waals surface area contributed by atoms with E-state index in [9.17, 15) is 4.79 Å². The third kappa shape index (κ3) is 5.47. The van der Waals surface area contributed by atoms with Crippen molar-refractivity contribution in [2.24, 2.45) is 5.92 Å². The number of unbranched alkanes of at least 4 members (excludes halogenated alkanes) is 1. The first-order valence-electron chi connectivity index (χ1n) is 6.40. The van der Waals surface area contributed by atoms with Crippen LogP contribution in [-0.2, 0) is 9.53 Å². The van der Waals surface area contributed by atoms with Crippen LogP contribution < -0.4 is 10.6 Å². The number of piperidine rings is 1. The van der Waals surface area contributed by atoms with Crippen LogP contribution in [0.1, 0.15) is 32.6 Å². The Balaban J connectivity index is 1.97. The molecule has 1 amide bonds. The maximum Gasteiger partial charge on any atom is 0.224 e. The van der Waals surface area contributed by atoms with Crippen LogP contribution in [0.4, 0.5) is 0 Å². The molecule has 1 aliphatic rings. The highest BCUT2D eigenvalue weighted by molar-refractivity contribution is 5.78. The molecule has 0 saturated carbocycles. The van der Waals surface area contributed by atoms with Gasteiger partial charge in [0.2, 0.25) is 5.91 Å². The van der Waals surface area contributed by atoms with E-state index in [0.717, 1.165) is 58.5 Å². The molecule has 1 unspecified atom stereocenters. The SMILES string of the molecule is CCOCCCCNC(=O)C1CCCNC1. The number of carbonyl (C=O) groups excluding carboxylic acids is 1. The molecule has 1 rings (SSSR count). The molecule has 1 heterocycles. The minimum atomic E-state index is 0.181. The third-order valence-electron chi connectivity index (χ3n) is 2.89. The number of amides is 1. The van der Waals surface area contributed by atoms with E-state index in [4.69, 9.17) is 4.74 Å². The number of hydrogen-bond donors (Lipinski definition) is 2. The number of rotatable bonds is 7. The highest BCUT2D eigenvalue weighted by Gasteiger charge is 2.19. The molecule has 1 aliphatic heterocycles. The zero-order valence-corrected chi connectivity index (χ0v) is 10.3. The van der Waals surface area contributed by atoms with Crippen LogP contribution in [0, 0.1) is 5.92 Å². The van der Waals surface area contributed by atoms with Crippen LogP contribution in [0.2, 0.25) is 0 Å². The predicted octanol–water partition coefficient (Wildman–Crippen LogP) is 0.919. The highest BCUT2D eigenvalue weighted by Crippen LogP contribution is 2.09. The second-order valence-electron chi connectivity index (χ2n) is 4.24. The van der Waals surface area contributed by atoms with Crippen molar-refractivity contribution in [3.05, 3.63) is 0 Å². The van der Waals surface area contributed by atoms with Gasteiger partial charge < -0.3 is 15.4 Å². The van der Waals surface area contributed by atoms with Crippen molar-refractivity contribution >= 4 is 5.91 Å². The molecule has 1 saturated heterocycles. The first-order chi connectivity index (χ1) is 7.84. The van der Waals surface area contributed by atoms with E-state index in [2.05, 4.69) is 10.6 Å². The molecule has 0 aromatic rings. The smallest absolute Gasteiger partial charge is 0.224 e. The van der Waals surface area contributed by atoms with Gasteiger partial charge in [-0.15, -0.1) is 0 Å². The Kier molecular flexibility index (Phi) is 7.17. The first-order valence-corrected chi connectivity index (χ1v) is 6.40. The molecule has 0 radical (unpaired) electrons. The summed E-state index contributed by atoms with van der Waals surface area (Å²) in [5, 5.41) is 6.25. The normalized spacial score (nSPS) is 20.7. The lowest BCUT2D eigenvalue weighted by molar-refractivity contribution is -0.125. The maximum atomic E-state index is 11.7. The van der Waals surface area contributed by atoms with E-state index >= 15 is 0 Å². The van der Waals surface area contributed by atoms with Gasteiger partial charge in [-0.05, 0) is 39.2 Å². The van der Waals surface area contributed by atoms with E-state index in [1.54, 1.807) is 0 Å². The number of ether oxygens (including phenoxy) is 1. The molecular formula is C12H24N2O2. The van der Waals surface area contributed by atoms with Crippen molar-refractivity contribution in [3.8, 4) is 0 Å². The van der Waals surface area contributed by atoms with Gasteiger partial charge in [0.05, 0.1) is 5.92 Å². The van der Waals surface area contributed by atoms with Crippen molar-refractivity contribution in [2.75, 3.05) is 32.8 Å².